The largest absolute Gasteiger partial charge is 0.385 e. The van der Waals surface area contributed by atoms with E-state index in [0.717, 1.165) is 0 Å². The summed E-state index contributed by atoms with van der Waals surface area (Å²) in [6, 6.07) is 1.35. The van der Waals surface area contributed by atoms with Crippen LogP contribution in [-0.4, -0.2) is 33.7 Å². The van der Waals surface area contributed by atoms with Crippen molar-refractivity contribution in [3.63, 3.8) is 0 Å². The molecule has 2 rings (SSSR count). The molecule has 78 valence electrons. The van der Waals surface area contributed by atoms with E-state index in [1.54, 1.807) is 4.68 Å². The van der Waals surface area contributed by atoms with Gasteiger partial charge in [-0.3, -0.25) is 4.68 Å². The van der Waals surface area contributed by atoms with Gasteiger partial charge in [-0.1, -0.05) is 0 Å². The Morgan fingerprint density at radius 2 is 2.57 bits per heavy atom. The first kappa shape index (κ1) is 9.64. The first-order valence-corrected chi connectivity index (χ1v) is 4.67. The molecule has 1 fully saturated rings. The van der Waals surface area contributed by atoms with Crippen LogP contribution in [0.25, 0.3) is 0 Å². The van der Waals surface area contributed by atoms with E-state index in [2.05, 4.69) is 5.10 Å². The minimum atomic E-state index is -0.950. The predicted octanol–water partition coefficient (Wildman–Crippen LogP) is -0.429. The summed E-state index contributed by atoms with van der Waals surface area (Å²) >= 11 is 0. The Labute approximate surface area is 82.5 Å². The van der Waals surface area contributed by atoms with E-state index < -0.39 is 11.6 Å². The van der Waals surface area contributed by atoms with E-state index in [9.17, 15) is 5.11 Å². The van der Waals surface area contributed by atoms with Gasteiger partial charge >= 0.3 is 0 Å². The van der Waals surface area contributed by atoms with Crippen LogP contribution in [0.2, 0.25) is 0 Å². The van der Waals surface area contributed by atoms with Crippen molar-refractivity contribution in [3.05, 3.63) is 18.0 Å². The van der Waals surface area contributed by atoms with Crippen molar-refractivity contribution in [1.29, 1.82) is 0 Å². The van der Waals surface area contributed by atoms with Crippen molar-refractivity contribution in [2.75, 3.05) is 13.2 Å². The molecule has 1 aliphatic rings. The molecule has 2 atom stereocenters. The van der Waals surface area contributed by atoms with Crippen LogP contribution in [0.4, 0.5) is 0 Å². The zero-order valence-electron chi connectivity index (χ0n) is 8.18. The van der Waals surface area contributed by atoms with Crippen LogP contribution in [0, 0.1) is 0 Å². The molecular formula is C9H15N3O2. The van der Waals surface area contributed by atoms with Crippen molar-refractivity contribution < 1.29 is 9.84 Å². The van der Waals surface area contributed by atoms with Crippen molar-refractivity contribution in [2.45, 2.75) is 18.1 Å². The normalized spacial score (nSPS) is 29.4. The fourth-order valence-corrected chi connectivity index (χ4v) is 1.69. The topological polar surface area (TPSA) is 73.3 Å². The number of ether oxygens (including phenoxy) is 1. The van der Waals surface area contributed by atoms with Gasteiger partial charge < -0.3 is 15.6 Å². The number of hydrogen-bond acceptors (Lipinski definition) is 4. The van der Waals surface area contributed by atoms with Crippen LogP contribution in [-0.2, 0) is 11.8 Å². The SMILES string of the molecule is Cn1ccc(C(N)C2(O)CCOC2)n1. The second-order valence-corrected chi connectivity index (χ2v) is 3.80. The molecule has 2 unspecified atom stereocenters. The highest BCUT2D eigenvalue weighted by Crippen LogP contribution is 2.29. The molecule has 0 amide bonds. The molecular weight excluding hydrogens is 182 g/mol. The van der Waals surface area contributed by atoms with Gasteiger partial charge in [-0.25, -0.2) is 0 Å². The lowest BCUT2D eigenvalue weighted by molar-refractivity contribution is 0.00229. The van der Waals surface area contributed by atoms with E-state index in [4.69, 9.17) is 10.5 Å². The smallest absolute Gasteiger partial charge is 0.111 e. The van der Waals surface area contributed by atoms with E-state index in [1.165, 1.54) is 0 Å². The Morgan fingerprint density at radius 3 is 3.07 bits per heavy atom. The molecule has 0 bridgehead atoms. The minimum absolute atomic E-state index is 0.296. The van der Waals surface area contributed by atoms with Crippen LogP contribution in [0.15, 0.2) is 12.3 Å². The molecule has 0 spiro atoms. The number of hydrogen-bond donors (Lipinski definition) is 2. The van der Waals surface area contributed by atoms with E-state index >= 15 is 0 Å². The maximum Gasteiger partial charge on any atom is 0.111 e. The Balaban J connectivity index is 2.18. The molecule has 1 saturated heterocycles. The van der Waals surface area contributed by atoms with Crippen LogP contribution >= 0.6 is 0 Å². The zero-order chi connectivity index (χ0) is 10.2. The van der Waals surface area contributed by atoms with E-state index in [0.29, 0.717) is 25.3 Å². The average Bonchev–Trinajstić information content (AvgIpc) is 2.74. The highest BCUT2D eigenvalue weighted by molar-refractivity contribution is 5.11. The van der Waals surface area contributed by atoms with Gasteiger partial charge in [0, 0.05) is 26.3 Å². The number of aliphatic hydroxyl groups is 1. The molecule has 3 N–H and O–H groups in total. The number of nitrogens with zero attached hydrogens (tertiary/aromatic N) is 2. The van der Waals surface area contributed by atoms with E-state index in [1.807, 2.05) is 19.3 Å². The summed E-state index contributed by atoms with van der Waals surface area (Å²) in [6.07, 6.45) is 2.39. The fourth-order valence-electron chi connectivity index (χ4n) is 1.69. The van der Waals surface area contributed by atoms with Gasteiger partial charge in [0.25, 0.3) is 0 Å². The first-order valence-electron chi connectivity index (χ1n) is 4.67. The van der Waals surface area contributed by atoms with Gasteiger partial charge in [0.2, 0.25) is 0 Å². The van der Waals surface area contributed by atoms with Crippen LogP contribution in [0.3, 0.4) is 0 Å². The third-order valence-electron chi connectivity index (χ3n) is 2.66. The number of nitrogens with two attached hydrogens (primary N) is 1. The second kappa shape index (κ2) is 3.34. The van der Waals surface area contributed by atoms with Crippen molar-refractivity contribution >= 4 is 0 Å². The van der Waals surface area contributed by atoms with Crippen molar-refractivity contribution in [2.24, 2.45) is 12.8 Å². The summed E-state index contributed by atoms with van der Waals surface area (Å²) in [7, 11) is 1.82. The van der Waals surface area contributed by atoms with Crippen molar-refractivity contribution in [3.8, 4) is 0 Å². The third kappa shape index (κ3) is 1.54. The Kier molecular flexibility index (Phi) is 2.30. The maximum atomic E-state index is 10.1. The maximum absolute atomic E-state index is 10.1. The lowest BCUT2D eigenvalue weighted by atomic mass is 9.92. The van der Waals surface area contributed by atoms with Gasteiger partial charge in [0.15, 0.2) is 0 Å². The standard InChI is InChI=1S/C9H15N3O2/c1-12-4-2-7(11-12)8(10)9(13)3-5-14-6-9/h2,4,8,13H,3,5-6,10H2,1H3. The summed E-state index contributed by atoms with van der Waals surface area (Å²) in [4.78, 5) is 0. The molecule has 5 nitrogen and oxygen atoms in total. The summed E-state index contributed by atoms with van der Waals surface area (Å²) in [5.74, 6) is 0. The minimum Gasteiger partial charge on any atom is -0.385 e. The fraction of sp³-hybridized carbons (Fsp3) is 0.667. The molecule has 2 heterocycles. The molecule has 5 heteroatoms. The number of rotatable bonds is 2. The molecule has 1 aliphatic heterocycles. The molecule has 0 aromatic carbocycles. The van der Waals surface area contributed by atoms with Gasteiger partial charge in [-0.05, 0) is 6.07 Å². The van der Waals surface area contributed by atoms with Gasteiger partial charge in [-0.15, -0.1) is 0 Å². The summed E-state index contributed by atoms with van der Waals surface area (Å²) in [5.41, 5.74) is 5.70. The molecule has 1 aromatic heterocycles. The number of aromatic nitrogens is 2. The van der Waals surface area contributed by atoms with Crippen LogP contribution < -0.4 is 5.73 Å². The molecule has 0 aliphatic carbocycles. The molecule has 1 aromatic rings. The average molecular weight is 197 g/mol. The highest BCUT2D eigenvalue weighted by atomic mass is 16.5. The molecule has 14 heavy (non-hydrogen) atoms. The summed E-state index contributed by atoms with van der Waals surface area (Å²) in [6.45, 7) is 0.863. The first-order chi connectivity index (χ1) is 6.62. The van der Waals surface area contributed by atoms with Crippen LogP contribution in [0.1, 0.15) is 18.2 Å². The molecule has 0 radical (unpaired) electrons. The van der Waals surface area contributed by atoms with E-state index in [-0.39, 0.29) is 0 Å². The zero-order valence-corrected chi connectivity index (χ0v) is 8.18. The third-order valence-corrected chi connectivity index (χ3v) is 2.66. The predicted molar refractivity (Wildman–Crippen MR) is 50.5 cm³/mol. The number of aryl methyl sites for hydroxylation is 1. The summed E-state index contributed by atoms with van der Waals surface area (Å²) < 4.78 is 6.82. The quantitative estimate of drug-likeness (QED) is 0.675. The Morgan fingerprint density at radius 1 is 1.79 bits per heavy atom. The van der Waals surface area contributed by atoms with Gasteiger partial charge in [-0.2, -0.15) is 5.10 Å². The monoisotopic (exact) mass is 197 g/mol. The second-order valence-electron chi connectivity index (χ2n) is 3.80. The lowest BCUT2D eigenvalue weighted by Crippen LogP contribution is -2.42. The molecule has 0 saturated carbocycles. The van der Waals surface area contributed by atoms with Crippen LogP contribution in [0.5, 0.6) is 0 Å². The van der Waals surface area contributed by atoms with Crippen molar-refractivity contribution in [1.82, 2.24) is 9.78 Å². The summed E-state index contributed by atoms with van der Waals surface area (Å²) in [5, 5.41) is 14.3. The Hall–Kier alpha value is -0.910. The Bertz CT molecular complexity index is 318. The van der Waals surface area contributed by atoms with Gasteiger partial charge in [0.05, 0.1) is 18.3 Å². The highest BCUT2D eigenvalue weighted by Gasteiger charge is 2.40. The lowest BCUT2D eigenvalue weighted by Gasteiger charge is -2.26. The van der Waals surface area contributed by atoms with Gasteiger partial charge in [0.1, 0.15) is 5.60 Å².